The van der Waals surface area contributed by atoms with Crippen molar-refractivity contribution in [3.8, 4) is 56.0 Å². The first-order valence-corrected chi connectivity index (χ1v) is 22.5. The molecule has 56 heavy (non-hydrogen) atoms. The molecule has 11 rings (SSSR count). The smallest absolute Gasteiger partial charge is 0.160 e. The Hall–Kier alpha value is -6.68. The molecule has 8 aromatic carbocycles. The summed E-state index contributed by atoms with van der Waals surface area (Å²) in [5, 5.41) is 4.02. The van der Waals surface area contributed by atoms with Gasteiger partial charge in [-0.3, -0.25) is 0 Å². The Kier molecular flexibility index (Phi) is 7.26. The first-order valence-electron chi connectivity index (χ1n) is 19.5. The van der Waals surface area contributed by atoms with E-state index >= 15 is 0 Å². The van der Waals surface area contributed by atoms with Crippen molar-refractivity contribution in [2.45, 2.75) is 18.5 Å². The molecule has 2 heterocycles. The van der Waals surface area contributed by atoms with E-state index in [9.17, 15) is 0 Å². The highest BCUT2D eigenvalue weighted by molar-refractivity contribution is 7.04. The second kappa shape index (κ2) is 12.4. The first-order chi connectivity index (χ1) is 27.5. The zero-order chi connectivity index (χ0) is 37.4. The molecule has 2 aliphatic rings. The molecule has 0 radical (unpaired) electrons. The lowest BCUT2D eigenvalue weighted by Crippen LogP contribution is -2.49. The van der Waals surface area contributed by atoms with Gasteiger partial charge in [0.2, 0.25) is 0 Å². The van der Waals surface area contributed by atoms with Crippen LogP contribution in [0.15, 0.2) is 194 Å². The van der Waals surface area contributed by atoms with Crippen molar-refractivity contribution in [2.75, 3.05) is 0 Å². The SMILES string of the molecule is C[Si]1(C)c2ccccc2-c2c1ccc1c(-c3ccccc3)nc(-c3cccc(-c4ccc5c(c4)-c4ccccc4C5(c4ccccc4)c4ccccc4)c3)nc21. The zero-order valence-electron chi connectivity index (χ0n) is 31.4. The fourth-order valence-electron chi connectivity index (χ4n) is 9.79. The number of nitrogens with zero attached hydrogens (tertiary/aromatic N) is 2. The molecule has 0 fully saturated rings. The number of rotatable bonds is 5. The molecule has 0 atom stereocenters. The Morgan fingerprint density at radius 3 is 1.75 bits per heavy atom. The van der Waals surface area contributed by atoms with Gasteiger partial charge in [0.25, 0.3) is 0 Å². The molecule has 2 nitrogen and oxygen atoms in total. The van der Waals surface area contributed by atoms with Crippen LogP contribution < -0.4 is 10.4 Å². The molecule has 0 spiro atoms. The van der Waals surface area contributed by atoms with Crippen molar-refractivity contribution in [1.29, 1.82) is 0 Å². The molecule has 3 heteroatoms. The number of hydrogen-bond donors (Lipinski definition) is 0. The average Bonchev–Trinajstić information content (AvgIpc) is 3.70. The summed E-state index contributed by atoms with van der Waals surface area (Å²) in [4.78, 5) is 10.9. The minimum absolute atomic E-state index is 0.419. The van der Waals surface area contributed by atoms with E-state index in [1.807, 2.05) is 0 Å². The molecule has 9 aromatic rings. The minimum atomic E-state index is -1.89. The molecule has 0 bridgehead atoms. The van der Waals surface area contributed by atoms with Crippen molar-refractivity contribution in [2.24, 2.45) is 0 Å². The normalized spacial score (nSPS) is 14.2. The van der Waals surface area contributed by atoms with Crippen LogP contribution in [0.3, 0.4) is 0 Å². The first kappa shape index (κ1) is 32.7. The van der Waals surface area contributed by atoms with Crippen LogP contribution in [0.2, 0.25) is 13.1 Å². The number of hydrogen-bond acceptors (Lipinski definition) is 2. The third-order valence-corrected chi connectivity index (χ3v) is 15.9. The van der Waals surface area contributed by atoms with Gasteiger partial charge in [-0.2, -0.15) is 0 Å². The summed E-state index contributed by atoms with van der Waals surface area (Å²) in [6.07, 6.45) is 0. The highest BCUT2D eigenvalue weighted by atomic mass is 28.3. The Morgan fingerprint density at radius 2 is 1.00 bits per heavy atom. The third kappa shape index (κ3) is 4.68. The van der Waals surface area contributed by atoms with Crippen LogP contribution >= 0.6 is 0 Å². The monoisotopic (exact) mass is 730 g/mol. The van der Waals surface area contributed by atoms with Gasteiger partial charge >= 0.3 is 0 Å². The average molecular weight is 731 g/mol. The summed E-state index contributed by atoms with van der Waals surface area (Å²) in [5.74, 6) is 0.745. The predicted molar refractivity (Wildman–Crippen MR) is 235 cm³/mol. The molecule has 1 aliphatic heterocycles. The molecule has 0 saturated heterocycles. The van der Waals surface area contributed by atoms with Gasteiger partial charge in [0.1, 0.15) is 8.07 Å². The standard InChI is InChI=1S/C53H38N2Si/c1-56(2)47-28-15-13-26-42(47)49-48(56)32-30-43-50(35-17-6-3-7-18-35)54-52(55-51(43)49)38-20-16-19-36(33-38)37-29-31-46-44(34-37)41-25-12-14-27-45(41)53(46,39-21-8-4-9-22-39)40-23-10-5-11-24-40/h3-34H,1-2H3. The maximum absolute atomic E-state index is 5.49. The van der Waals surface area contributed by atoms with E-state index in [1.165, 1.54) is 60.4 Å². The number of benzene rings is 8. The molecule has 0 N–H and O–H groups in total. The lowest BCUT2D eigenvalue weighted by molar-refractivity contribution is 0.768. The van der Waals surface area contributed by atoms with Gasteiger partial charge < -0.3 is 0 Å². The van der Waals surface area contributed by atoms with Crippen LogP contribution in [-0.4, -0.2) is 18.0 Å². The van der Waals surface area contributed by atoms with Crippen LogP contribution in [0.25, 0.3) is 66.9 Å². The summed E-state index contributed by atoms with van der Waals surface area (Å²) < 4.78 is 0. The van der Waals surface area contributed by atoms with E-state index in [0.29, 0.717) is 0 Å². The molecule has 0 amide bonds. The topological polar surface area (TPSA) is 25.8 Å². The van der Waals surface area contributed by atoms with Crippen molar-refractivity contribution < 1.29 is 0 Å². The Balaban J connectivity index is 1.10. The van der Waals surface area contributed by atoms with Crippen molar-refractivity contribution in [1.82, 2.24) is 9.97 Å². The van der Waals surface area contributed by atoms with Gasteiger partial charge in [-0.25, -0.2) is 9.97 Å². The van der Waals surface area contributed by atoms with Crippen LogP contribution in [-0.2, 0) is 5.41 Å². The van der Waals surface area contributed by atoms with E-state index in [2.05, 4.69) is 207 Å². The summed E-state index contributed by atoms with van der Waals surface area (Å²) in [6, 6.07) is 71.0. The fraction of sp³-hybridized carbons (Fsp3) is 0.0566. The highest BCUT2D eigenvalue weighted by Gasteiger charge is 2.46. The van der Waals surface area contributed by atoms with Gasteiger partial charge in [0.05, 0.1) is 16.6 Å². The Morgan fingerprint density at radius 1 is 0.411 bits per heavy atom. The number of fused-ring (bicyclic) bond motifs is 8. The maximum Gasteiger partial charge on any atom is 0.160 e. The zero-order valence-corrected chi connectivity index (χ0v) is 32.4. The molecule has 264 valence electrons. The second-order valence-corrected chi connectivity index (χ2v) is 20.0. The molecular formula is C53H38N2Si. The van der Waals surface area contributed by atoms with Gasteiger partial charge in [0, 0.05) is 22.1 Å². The van der Waals surface area contributed by atoms with Crippen molar-refractivity contribution in [3.63, 3.8) is 0 Å². The number of aromatic nitrogens is 2. The van der Waals surface area contributed by atoms with Crippen molar-refractivity contribution in [3.05, 3.63) is 216 Å². The van der Waals surface area contributed by atoms with E-state index in [-0.39, 0.29) is 0 Å². The summed E-state index contributed by atoms with van der Waals surface area (Å²) in [7, 11) is -1.89. The van der Waals surface area contributed by atoms with E-state index in [0.717, 1.165) is 39.1 Å². The van der Waals surface area contributed by atoms with Gasteiger partial charge in [-0.1, -0.05) is 195 Å². The largest absolute Gasteiger partial charge is 0.227 e. The van der Waals surface area contributed by atoms with E-state index in [4.69, 9.17) is 9.97 Å². The fourth-order valence-corrected chi connectivity index (χ4v) is 12.9. The third-order valence-electron chi connectivity index (χ3n) is 12.4. The summed E-state index contributed by atoms with van der Waals surface area (Å²) in [5.41, 5.74) is 16.3. The van der Waals surface area contributed by atoms with Crippen molar-refractivity contribution >= 4 is 29.4 Å². The van der Waals surface area contributed by atoms with Crippen LogP contribution in [0.4, 0.5) is 0 Å². The Bertz CT molecular complexity index is 2950. The lowest BCUT2D eigenvalue weighted by Gasteiger charge is -2.33. The van der Waals surface area contributed by atoms with Gasteiger partial charge in [0.15, 0.2) is 5.82 Å². The van der Waals surface area contributed by atoms with E-state index in [1.54, 1.807) is 0 Å². The van der Waals surface area contributed by atoms with Crippen LogP contribution in [0.5, 0.6) is 0 Å². The quantitative estimate of drug-likeness (QED) is 0.165. The molecule has 1 aliphatic carbocycles. The van der Waals surface area contributed by atoms with E-state index < -0.39 is 13.5 Å². The molecular weight excluding hydrogens is 693 g/mol. The predicted octanol–water partition coefficient (Wildman–Crippen LogP) is 11.8. The summed E-state index contributed by atoms with van der Waals surface area (Å²) >= 11 is 0. The van der Waals surface area contributed by atoms with Crippen LogP contribution in [0, 0.1) is 0 Å². The Labute approximate surface area is 328 Å². The summed E-state index contributed by atoms with van der Waals surface area (Å²) in [6.45, 7) is 4.93. The molecule has 0 saturated carbocycles. The van der Waals surface area contributed by atoms with Crippen LogP contribution in [0.1, 0.15) is 22.3 Å². The minimum Gasteiger partial charge on any atom is -0.227 e. The van der Waals surface area contributed by atoms with Gasteiger partial charge in [-0.15, -0.1) is 0 Å². The molecule has 0 unspecified atom stereocenters. The maximum atomic E-state index is 5.49. The molecule has 1 aromatic heterocycles. The second-order valence-electron chi connectivity index (χ2n) is 15.7. The highest BCUT2D eigenvalue weighted by Crippen LogP contribution is 2.56. The van der Waals surface area contributed by atoms with Gasteiger partial charge in [-0.05, 0) is 72.6 Å². The lowest BCUT2D eigenvalue weighted by atomic mass is 9.67.